The molecule has 1 saturated heterocycles. The molecule has 3 rings (SSSR count). The van der Waals surface area contributed by atoms with E-state index >= 15 is 0 Å². The van der Waals surface area contributed by atoms with Gasteiger partial charge in [0.25, 0.3) is 0 Å². The summed E-state index contributed by atoms with van der Waals surface area (Å²) in [6.45, 7) is 4.94. The molecule has 0 amide bonds. The van der Waals surface area contributed by atoms with Crippen LogP contribution >= 0.6 is 0 Å². The van der Waals surface area contributed by atoms with Crippen molar-refractivity contribution in [3.8, 4) is 17.2 Å². The lowest BCUT2D eigenvalue weighted by Crippen LogP contribution is -2.52. The van der Waals surface area contributed by atoms with Gasteiger partial charge >= 0.3 is 0 Å². The van der Waals surface area contributed by atoms with Crippen molar-refractivity contribution in [2.75, 3.05) is 40.8 Å². The number of aliphatic hydroxyl groups is 1. The quantitative estimate of drug-likeness (QED) is 0.855. The molecule has 1 unspecified atom stereocenters. The number of aryl methyl sites for hydroxylation is 1. The molecule has 1 aliphatic heterocycles. The van der Waals surface area contributed by atoms with E-state index in [9.17, 15) is 5.11 Å². The number of nitrogens with zero attached hydrogens (tertiary/aromatic N) is 3. The first-order chi connectivity index (χ1) is 12.4. The maximum atomic E-state index is 10.9. The van der Waals surface area contributed by atoms with Crippen molar-refractivity contribution in [3.63, 3.8) is 0 Å². The summed E-state index contributed by atoms with van der Waals surface area (Å²) in [5.74, 6) is 2.21. The van der Waals surface area contributed by atoms with Gasteiger partial charge in [-0.1, -0.05) is 6.07 Å². The molecule has 6 nitrogen and oxygen atoms in total. The van der Waals surface area contributed by atoms with E-state index in [1.54, 1.807) is 7.11 Å². The van der Waals surface area contributed by atoms with Crippen molar-refractivity contribution in [1.29, 1.82) is 0 Å². The molecule has 0 radical (unpaired) electrons. The van der Waals surface area contributed by atoms with E-state index in [1.807, 2.05) is 50.2 Å². The summed E-state index contributed by atoms with van der Waals surface area (Å²) in [7, 11) is 5.65. The van der Waals surface area contributed by atoms with E-state index in [0.717, 1.165) is 42.2 Å². The maximum absolute atomic E-state index is 10.9. The second-order valence-corrected chi connectivity index (χ2v) is 7.53. The molecule has 0 spiro atoms. The first-order valence-electron chi connectivity index (χ1n) is 9.09. The van der Waals surface area contributed by atoms with Gasteiger partial charge in [-0.15, -0.1) is 0 Å². The highest BCUT2D eigenvalue weighted by Gasteiger charge is 2.34. The zero-order chi connectivity index (χ0) is 18.7. The number of hydrogen-bond donors (Lipinski definition) is 1. The average Bonchev–Trinajstić information content (AvgIpc) is 2.94. The number of rotatable bonds is 6. The van der Waals surface area contributed by atoms with Crippen molar-refractivity contribution < 1.29 is 14.3 Å². The summed E-state index contributed by atoms with van der Waals surface area (Å²) in [4.78, 5) is 9.02. The zero-order valence-electron chi connectivity index (χ0n) is 16.2. The Labute approximate surface area is 155 Å². The Kier molecular flexibility index (Phi) is 5.65. The third-order valence-corrected chi connectivity index (χ3v) is 4.83. The number of benzene rings is 1. The van der Waals surface area contributed by atoms with Gasteiger partial charge in [-0.3, -0.25) is 4.90 Å². The van der Waals surface area contributed by atoms with Crippen molar-refractivity contribution in [3.05, 3.63) is 35.7 Å². The van der Waals surface area contributed by atoms with Crippen molar-refractivity contribution in [2.24, 2.45) is 0 Å². The third-order valence-electron chi connectivity index (χ3n) is 4.83. The summed E-state index contributed by atoms with van der Waals surface area (Å²) in [5.41, 5.74) is 1.17. The third kappa shape index (κ3) is 4.44. The van der Waals surface area contributed by atoms with Gasteiger partial charge < -0.3 is 19.2 Å². The average molecular weight is 359 g/mol. The Morgan fingerprint density at radius 2 is 2.19 bits per heavy atom. The fourth-order valence-electron chi connectivity index (χ4n) is 3.72. The molecule has 1 N–H and O–H groups in total. The largest absolute Gasteiger partial charge is 0.497 e. The molecule has 0 saturated carbocycles. The second kappa shape index (κ2) is 7.78. The predicted molar refractivity (Wildman–Crippen MR) is 101 cm³/mol. The van der Waals surface area contributed by atoms with Gasteiger partial charge in [0.05, 0.1) is 18.4 Å². The normalized spacial score (nSPS) is 21.3. The van der Waals surface area contributed by atoms with E-state index in [4.69, 9.17) is 14.1 Å². The highest BCUT2D eigenvalue weighted by atomic mass is 16.5. The number of ether oxygens (including phenoxy) is 1. The van der Waals surface area contributed by atoms with Crippen LogP contribution in [0.15, 0.2) is 28.7 Å². The fraction of sp³-hybridized carbons (Fsp3) is 0.550. The zero-order valence-corrected chi connectivity index (χ0v) is 16.2. The standard InChI is InChI=1S/C20H29N3O3/c1-15-18(12-23-10-6-9-20(24,14-23)13-22(2)3)21-19(26-15)16-7-5-8-17(11-16)25-4/h5,7-8,11,24H,6,9-10,12-14H2,1-4H3. The van der Waals surface area contributed by atoms with Crippen LogP contribution in [0.5, 0.6) is 5.75 Å². The van der Waals surface area contributed by atoms with E-state index < -0.39 is 5.60 Å². The number of aromatic nitrogens is 1. The number of likely N-dealkylation sites (N-methyl/N-ethyl adjacent to an activating group) is 1. The fourth-order valence-corrected chi connectivity index (χ4v) is 3.72. The summed E-state index contributed by atoms with van der Waals surface area (Å²) in [5, 5.41) is 10.9. The maximum Gasteiger partial charge on any atom is 0.226 e. The Bertz CT molecular complexity index is 744. The van der Waals surface area contributed by atoms with Gasteiger partial charge in [0.15, 0.2) is 0 Å². The van der Waals surface area contributed by atoms with Gasteiger partial charge in [-0.25, -0.2) is 4.98 Å². The van der Waals surface area contributed by atoms with Gasteiger partial charge in [0.2, 0.25) is 5.89 Å². The van der Waals surface area contributed by atoms with Crippen molar-refractivity contribution in [2.45, 2.75) is 31.9 Å². The van der Waals surface area contributed by atoms with Gasteiger partial charge in [0, 0.05) is 25.2 Å². The number of methoxy groups -OCH3 is 1. The molecule has 0 bridgehead atoms. The lowest BCUT2D eigenvalue weighted by atomic mass is 9.92. The minimum Gasteiger partial charge on any atom is -0.497 e. The Morgan fingerprint density at radius 1 is 1.38 bits per heavy atom. The molecule has 1 aromatic carbocycles. The van der Waals surface area contributed by atoms with Crippen LogP contribution in [0, 0.1) is 6.92 Å². The Balaban J connectivity index is 1.73. The van der Waals surface area contributed by atoms with Gasteiger partial charge in [-0.2, -0.15) is 0 Å². The monoisotopic (exact) mass is 359 g/mol. The lowest BCUT2D eigenvalue weighted by molar-refractivity contribution is -0.0483. The molecule has 6 heteroatoms. The first kappa shape index (κ1) is 18.9. The van der Waals surface area contributed by atoms with Crippen molar-refractivity contribution >= 4 is 0 Å². The van der Waals surface area contributed by atoms with E-state index in [1.165, 1.54) is 0 Å². The number of piperidine rings is 1. The van der Waals surface area contributed by atoms with Crippen LogP contribution in [-0.2, 0) is 6.54 Å². The smallest absolute Gasteiger partial charge is 0.226 e. The van der Waals surface area contributed by atoms with E-state index in [2.05, 4.69) is 4.90 Å². The van der Waals surface area contributed by atoms with Crippen LogP contribution in [0.4, 0.5) is 0 Å². The highest BCUT2D eigenvalue weighted by Crippen LogP contribution is 2.27. The molecule has 26 heavy (non-hydrogen) atoms. The predicted octanol–water partition coefficient (Wildman–Crippen LogP) is 2.55. The number of likely N-dealkylation sites (tertiary alicyclic amines) is 1. The SMILES string of the molecule is COc1cccc(-c2nc(CN3CCCC(O)(CN(C)C)C3)c(C)o2)c1. The molecule has 2 heterocycles. The van der Waals surface area contributed by atoms with Crippen LogP contribution < -0.4 is 4.74 Å². The number of oxazole rings is 1. The minimum absolute atomic E-state index is 0.608. The summed E-state index contributed by atoms with van der Waals surface area (Å²) in [6, 6.07) is 7.72. The number of hydrogen-bond acceptors (Lipinski definition) is 6. The molecular formula is C20H29N3O3. The lowest BCUT2D eigenvalue weighted by Gasteiger charge is -2.40. The molecule has 1 fully saturated rings. The van der Waals surface area contributed by atoms with Crippen LogP contribution in [0.2, 0.25) is 0 Å². The van der Waals surface area contributed by atoms with Crippen LogP contribution in [0.25, 0.3) is 11.5 Å². The van der Waals surface area contributed by atoms with Crippen LogP contribution in [0.3, 0.4) is 0 Å². The van der Waals surface area contributed by atoms with Crippen LogP contribution in [0.1, 0.15) is 24.3 Å². The first-order valence-corrected chi connectivity index (χ1v) is 9.09. The Morgan fingerprint density at radius 3 is 2.92 bits per heavy atom. The van der Waals surface area contributed by atoms with Crippen LogP contribution in [-0.4, -0.2) is 66.3 Å². The molecule has 1 atom stereocenters. The summed E-state index contributed by atoms with van der Waals surface area (Å²) in [6.07, 6.45) is 1.83. The highest BCUT2D eigenvalue weighted by molar-refractivity contribution is 5.56. The number of β-amino-alcohol motifs (C(OH)–C–C–N with tert-alkyl or cyclic N) is 1. The molecule has 2 aromatic rings. The summed E-state index contributed by atoms with van der Waals surface area (Å²) < 4.78 is 11.2. The molecule has 1 aliphatic rings. The summed E-state index contributed by atoms with van der Waals surface area (Å²) >= 11 is 0. The van der Waals surface area contributed by atoms with Gasteiger partial charge in [0.1, 0.15) is 11.5 Å². The second-order valence-electron chi connectivity index (χ2n) is 7.53. The molecule has 1 aromatic heterocycles. The molecule has 0 aliphatic carbocycles. The van der Waals surface area contributed by atoms with E-state index in [0.29, 0.717) is 25.5 Å². The topological polar surface area (TPSA) is 62.0 Å². The minimum atomic E-state index is -0.658. The van der Waals surface area contributed by atoms with Crippen molar-refractivity contribution in [1.82, 2.24) is 14.8 Å². The Hall–Kier alpha value is -1.89. The molecule has 142 valence electrons. The molecular weight excluding hydrogens is 330 g/mol. The van der Waals surface area contributed by atoms with Gasteiger partial charge in [-0.05, 0) is 58.6 Å². The van der Waals surface area contributed by atoms with E-state index in [-0.39, 0.29) is 0 Å².